The van der Waals surface area contributed by atoms with Crippen LogP contribution in [0.1, 0.15) is 21.6 Å². The van der Waals surface area contributed by atoms with E-state index in [0.29, 0.717) is 11.3 Å². The zero-order chi connectivity index (χ0) is 10.0. The number of carboxylic acid groups (broad SMARTS) is 1. The highest BCUT2D eigenvalue weighted by atomic mass is 35.5. The number of pyridine rings is 1. The first-order valence-electron chi connectivity index (χ1n) is 3.51. The van der Waals surface area contributed by atoms with Gasteiger partial charge < -0.3 is 5.11 Å². The molecule has 3 nitrogen and oxygen atoms in total. The Hall–Kier alpha value is -0.800. The van der Waals surface area contributed by atoms with E-state index in [2.05, 4.69) is 4.98 Å². The van der Waals surface area contributed by atoms with Crippen molar-refractivity contribution in [3.8, 4) is 0 Å². The smallest absolute Gasteiger partial charge is 0.337 e. The average molecular weight is 220 g/mol. The van der Waals surface area contributed by atoms with Gasteiger partial charge in [0.1, 0.15) is 5.15 Å². The molecule has 1 N–H and O–H groups in total. The summed E-state index contributed by atoms with van der Waals surface area (Å²) in [5.74, 6) is -0.986. The van der Waals surface area contributed by atoms with Gasteiger partial charge >= 0.3 is 5.97 Å². The van der Waals surface area contributed by atoms with Crippen molar-refractivity contribution in [2.75, 3.05) is 0 Å². The molecule has 1 aromatic heterocycles. The molecule has 0 spiro atoms. The molecule has 1 heterocycles. The minimum Gasteiger partial charge on any atom is -0.478 e. The van der Waals surface area contributed by atoms with Crippen LogP contribution in [-0.4, -0.2) is 16.1 Å². The van der Waals surface area contributed by atoms with Crippen molar-refractivity contribution in [1.82, 2.24) is 4.98 Å². The van der Waals surface area contributed by atoms with E-state index < -0.39 is 5.97 Å². The topological polar surface area (TPSA) is 50.2 Å². The minimum absolute atomic E-state index is 0.0447. The number of aromatic carboxylic acids is 1. The predicted molar refractivity (Wildman–Crippen MR) is 50.5 cm³/mol. The Balaban J connectivity index is 3.38. The standard InChI is InChI=1S/C8H7Cl2NO2/c1-4-2-6(10)11-5(3-9)7(4)8(12)13/h2H,3H2,1H3,(H,12,13). The van der Waals surface area contributed by atoms with E-state index in [-0.39, 0.29) is 16.6 Å². The molecule has 0 aliphatic heterocycles. The summed E-state index contributed by atoms with van der Waals surface area (Å²) in [6.07, 6.45) is 0. The van der Waals surface area contributed by atoms with E-state index in [1.165, 1.54) is 6.07 Å². The van der Waals surface area contributed by atoms with E-state index in [4.69, 9.17) is 28.3 Å². The van der Waals surface area contributed by atoms with E-state index >= 15 is 0 Å². The molecular weight excluding hydrogens is 213 g/mol. The zero-order valence-corrected chi connectivity index (χ0v) is 8.35. The fourth-order valence-electron chi connectivity index (χ4n) is 1.08. The average Bonchev–Trinajstić information content (AvgIpc) is 2.01. The lowest BCUT2D eigenvalue weighted by Gasteiger charge is -2.05. The van der Waals surface area contributed by atoms with Crippen molar-refractivity contribution >= 4 is 29.2 Å². The van der Waals surface area contributed by atoms with Gasteiger partial charge in [-0.15, -0.1) is 11.6 Å². The second kappa shape index (κ2) is 3.94. The molecule has 5 heteroatoms. The van der Waals surface area contributed by atoms with Crippen LogP contribution in [0.5, 0.6) is 0 Å². The quantitative estimate of drug-likeness (QED) is 0.615. The van der Waals surface area contributed by atoms with Gasteiger partial charge in [-0.05, 0) is 18.6 Å². The van der Waals surface area contributed by atoms with E-state index in [0.717, 1.165) is 0 Å². The van der Waals surface area contributed by atoms with Gasteiger partial charge in [-0.2, -0.15) is 0 Å². The number of carbonyl (C=O) groups is 1. The zero-order valence-electron chi connectivity index (χ0n) is 6.84. The third kappa shape index (κ3) is 2.11. The second-order valence-electron chi connectivity index (χ2n) is 2.52. The lowest BCUT2D eigenvalue weighted by Crippen LogP contribution is -2.06. The summed E-state index contributed by atoms with van der Waals surface area (Å²) in [7, 11) is 0. The SMILES string of the molecule is Cc1cc(Cl)nc(CCl)c1C(=O)O. The number of hydrogen-bond acceptors (Lipinski definition) is 2. The van der Waals surface area contributed by atoms with Crippen LogP contribution in [-0.2, 0) is 5.88 Å². The van der Waals surface area contributed by atoms with Crippen LogP contribution in [0, 0.1) is 6.92 Å². The Labute approximate surface area is 85.3 Å². The Morgan fingerprint density at radius 1 is 1.69 bits per heavy atom. The van der Waals surface area contributed by atoms with Gasteiger partial charge in [0, 0.05) is 0 Å². The molecule has 0 saturated carbocycles. The lowest BCUT2D eigenvalue weighted by atomic mass is 10.1. The molecule has 1 rings (SSSR count). The maximum Gasteiger partial charge on any atom is 0.337 e. The third-order valence-corrected chi connectivity index (χ3v) is 2.05. The van der Waals surface area contributed by atoms with Crippen LogP contribution in [0.2, 0.25) is 5.15 Å². The predicted octanol–water partition coefficient (Wildman–Crippen LogP) is 2.48. The van der Waals surface area contributed by atoms with Crippen molar-refractivity contribution in [2.45, 2.75) is 12.8 Å². The number of hydrogen-bond donors (Lipinski definition) is 1. The van der Waals surface area contributed by atoms with Gasteiger partial charge in [0.15, 0.2) is 0 Å². The molecule has 0 aliphatic carbocycles. The Bertz CT molecular complexity index is 352. The molecule has 0 radical (unpaired) electrons. The summed E-state index contributed by atoms with van der Waals surface area (Å²) >= 11 is 11.2. The normalized spacial score (nSPS) is 10.1. The first-order chi connectivity index (χ1) is 6.06. The van der Waals surface area contributed by atoms with Crippen LogP contribution in [0.4, 0.5) is 0 Å². The first-order valence-corrected chi connectivity index (χ1v) is 4.42. The number of alkyl halides is 1. The molecule has 0 atom stereocenters. The summed E-state index contributed by atoms with van der Waals surface area (Å²) in [4.78, 5) is 14.6. The van der Waals surface area contributed by atoms with Gasteiger partial charge in [-0.25, -0.2) is 9.78 Å². The van der Waals surface area contributed by atoms with E-state index in [9.17, 15) is 4.79 Å². The number of halogens is 2. The Kier molecular flexibility index (Phi) is 3.12. The minimum atomic E-state index is -1.03. The molecule has 13 heavy (non-hydrogen) atoms. The van der Waals surface area contributed by atoms with Gasteiger partial charge in [0.25, 0.3) is 0 Å². The summed E-state index contributed by atoms with van der Waals surface area (Å²) in [5, 5.41) is 9.09. The van der Waals surface area contributed by atoms with E-state index in [1.54, 1.807) is 6.92 Å². The van der Waals surface area contributed by atoms with Crippen LogP contribution in [0.3, 0.4) is 0 Å². The van der Waals surface area contributed by atoms with Crippen LogP contribution < -0.4 is 0 Å². The number of aromatic nitrogens is 1. The molecule has 0 unspecified atom stereocenters. The first kappa shape index (κ1) is 10.3. The molecule has 0 aromatic carbocycles. The molecule has 0 amide bonds. The van der Waals surface area contributed by atoms with Gasteiger partial charge in [-0.3, -0.25) is 0 Å². The molecule has 0 aliphatic rings. The van der Waals surface area contributed by atoms with E-state index in [1.807, 2.05) is 0 Å². The summed E-state index contributed by atoms with van der Waals surface area (Å²) in [6.45, 7) is 1.66. The van der Waals surface area contributed by atoms with Gasteiger partial charge in [0.05, 0.1) is 17.1 Å². The van der Waals surface area contributed by atoms with Crippen molar-refractivity contribution in [3.63, 3.8) is 0 Å². The fourth-order valence-corrected chi connectivity index (χ4v) is 1.54. The van der Waals surface area contributed by atoms with Crippen molar-refractivity contribution < 1.29 is 9.90 Å². The molecule has 0 fully saturated rings. The highest BCUT2D eigenvalue weighted by Crippen LogP contribution is 2.18. The van der Waals surface area contributed by atoms with Crippen molar-refractivity contribution in [1.29, 1.82) is 0 Å². The van der Waals surface area contributed by atoms with Gasteiger partial charge in [0.2, 0.25) is 0 Å². The summed E-state index contributed by atoms with van der Waals surface area (Å²) in [5.41, 5.74) is 1.02. The maximum absolute atomic E-state index is 10.8. The number of aryl methyl sites for hydroxylation is 1. The number of carboxylic acids is 1. The molecule has 70 valence electrons. The van der Waals surface area contributed by atoms with Crippen LogP contribution in [0.25, 0.3) is 0 Å². The third-order valence-electron chi connectivity index (χ3n) is 1.60. The van der Waals surface area contributed by atoms with Crippen molar-refractivity contribution in [3.05, 3.63) is 28.0 Å². The fraction of sp³-hybridized carbons (Fsp3) is 0.250. The Morgan fingerprint density at radius 3 is 2.77 bits per heavy atom. The van der Waals surface area contributed by atoms with Crippen LogP contribution in [0.15, 0.2) is 6.07 Å². The second-order valence-corrected chi connectivity index (χ2v) is 3.18. The summed E-state index contributed by atoms with van der Waals surface area (Å²) in [6, 6.07) is 1.50. The molecule has 0 bridgehead atoms. The molecule has 1 aromatic rings. The maximum atomic E-state index is 10.8. The highest BCUT2D eigenvalue weighted by molar-refractivity contribution is 6.29. The van der Waals surface area contributed by atoms with Gasteiger partial charge in [-0.1, -0.05) is 11.6 Å². The lowest BCUT2D eigenvalue weighted by molar-refractivity contribution is 0.0694. The monoisotopic (exact) mass is 219 g/mol. The molecular formula is C8H7Cl2NO2. The highest BCUT2D eigenvalue weighted by Gasteiger charge is 2.14. The number of rotatable bonds is 2. The van der Waals surface area contributed by atoms with Crippen LogP contribution >= 0.6 is 23.2 Å². The Morgan fingerprint density at radius 2 is 2.31 bits per heavy atom. The molecule has 0 saturated heterocycles. The largest absolute Gasteiger partial charge is 0.478 e. The van der Waals surface area contributed by atoms with Crippen molar-refractivity contribution in [2.24, 2.45) is 0 Å². The summed E-state index contributed by atoms with van der Waals surface area (Å²) < 4.78 is 0. The number of nitrogens with zero attached hydrogens (tertiary/aromatic N) is 1.